The zero-order valence-corrected chi connectivity index (χ0v) is 37.3. The van der Waals surface area contributed by atoms with Gasteiger partial charge in [-0.05, 0) is 67.4 Å². The summed E-state index contributed by atoms with van der Waals surface area (Å²) >= 11 is 12.5. The van der Waals surface area contributed by atoms with Crippen molar-refractivity contribution in [3.05, 3.63) is 125 Å². The quantitative estimate of drug-likeness (QED) is 0.0781. The Hall–Kier alpha value is -7.42. The maximum atomic E-state index is 14.3. The molecular formula is C45H43Cl2FN16O3. The first-order valence-corrected chi connectivity index (χ1v) is 22.3. The van der Waals surface area contributed by atoms with E-state index in [4.69, 9.17) is 27.7 Å². The molecule has 0 aliphatic carbocycles. The van der Waals surface area contributed by atoms with Crippen LogP contribution < -0.4 is 31.1 Å². The van der Waals surface area contributed by atoms with Crippen LogP contribution >= 0.6 is 23.2 Å². The Labute approximate surface area is 393 Å². The van der Waals surface area contributed by atoms with Crippen molar-refractivity contribution in [2.45, 2.75) is 38.1 Å². The van der Waals surface area contributed by atoms with E-state index in [-0.39, 0.29) is 36.4 Å². The van der Waals surface area contributed by atoms with Gasteiger partial charge in [0.15, 0.2) is 0 Å². The molecule has 0 unspecified atom stereocenters. The van der Waals surface area contributed by atoms with Gasteiger partial charge in [-0.2, -0.15) is 15.0 Å². The lowest BCUT2D eigenvalue weighted by atomic mass is 9.97. The summed E-state index contributed by atoms with van der Waals surface area (Å²) in [5, 5.41) is 17.1. The van der Waals surface area contributed by atoms with E-state index in [0.717, 1.165) is 12.8 Å². The molecule has 2 amide bonds. The minimum atomic E-state index is -0.327. The molecule has 22 heteroatoms. The molecule has 4 aromatic heterocycles. The number of hydrogen-bond donors (Lipinski definition) is 4. The molecule has 4 N–H and O–H groups in total. The van der Waals surface area contributed by atoms with Crippen molar-refractivity contribution in [2.24, 2.45) is 0 Å². The fourth-order valence-electron chi connectivity index (χ4n) is 7.69. The average molecular weight is 946 g/mol. The molecule has 0 radical (unpaired) electrons. The van der Waals surface area contributed by atoms with Crippen LogP contribution in [-0.4, -0.2) is 101 Å². The molecule has 342 valence electrons. The van der Waals surface area contributed by atoms with Gasteiger partial charge in [0.05, 0.1) is 5.02 Å². The topological polar surface area (TPSA) is 221 Å². The zero-order chi connectivity index (χ0) is 46.1. The Morgan fingerprint density at radius 1 is 0.687 bits per heavy atom. The van der Waals surface area contributed by atoms with Crippen molar-refractivity contribution in [1.29, 1.82) is 0 Å². The lowest BCUT2D eigenvalue weighted by molar-refractivity contribution is -0.121. The van der Waals surface area contributed by atoms with Crippen LogP contribution in [0.4, 0.5) is 50.9 Å². The first-order chi connectivity index (χ1) is 32.7. The number of halogens is 3. The number of piperidine rings is 1. The highest BCUT2D eigenvalue weighted by Gasteiger charge is 2.28. The Balaban J connectivity index is 0.713. The fraction of sp³-hybridized carbons (Fsp3) is 0.267. The van der Waals surface area contributed by atoms with Crippen LogP contribution in [0.15, 0.2) is 102 Å². The molecule has 2 aliphatic heterocycles. The standard InChI is InChI=1S/C45H43Cl2FN16O3/c46-35-8-3-9-37(48)34(35)25-62-18-20-64(21-19-62)45-53-27-51-43(60-45)57-32-7-2-5-30(23-32)55-39(66)11-10-38(65)54-29-4-1-6-31(22-29)56-42-50-26-52-44(59-42)63-16-13-28(14-17-63)41-58-40(61-67-41)33-12-15-49-24-36(33)47/h1-9,12,15,22-24,26-28H,10-11,13-14,16-21,25H2,(H,54,65)(H,55,66)(H,50,52,56,59)(H,51,53,57,60). The number of pyridine rings is 1. The Kier molecular flexibility index (Phi) is 13.9. The van der Waals surface area contributed by atoms with Crippen molar-refractivity contribution < 1.29 is 18.5 Å². The van der Waals surface area contributed by atoms with E-state index in [1.165, 1.54) is 18.7 Å². The van der Waals surface area contributed by atoms with Crippen LogP contribution in [0, 0.1) is 5.82 Å². The van der Waals surface area contributed by atoms with E-state index >= 15 is 0 Å². The molecule has 7 aromatic rings. The van der Waals surface area contributed by atoms with Gasteiger partial charge in [-0.3, -0.25) is 19.5 Å². The van der Waals surface area contributed by atoms with Gasteiger partial charge in [-0.15, -0.1) is 0 Å². The molecule has 0 atom stereocenters. The third-order valence-electron chi connectivity index (χ3n) is 11.2. The molecule has 2 saturated heterocycles. The second kappa shape index (κ2) is 20.8. The number of rotatable bonds is 15. The third kappa shape index (κ3) is 11.5. The van der Waals surface area contributed by atoms with Crippen LogP contribution in [0.2, 0.25) is 10.0 Å². The maximum Gasteiger partial charge on any atom is 0.231 e. The predicted molar refractivity (Wildman–Crippen MR) is 251 cm³/mol. The van der Waals surface area contributed by atoms with Gasteiger partial charge >= 0.3 is 0 Å². The highest BCUT2D eigenvalue weighted by atomic mass is 35.5. The first kappa shape index (κ1) is 44.8. The van der Waals surface area contributed by atoms with Crippen molar-refractivity contribution >= 4 is 81.6 Å². The lowest BCUT2D eigenvalue weighted by Gasteiger charge is -2.34. The molecule has 0 spiro atoms. The number of anilines is 8. The lowest BCUT2D eigenvalue weighted by Crippen LogP contribution is -2.46. The van der Waals surface area contributed by atoms with Gasteiger partial charge < -0.3 is 35.6 Å². The number of benzene rings is 3. The molecule has 3 aromatic carbocycles. The summed E-state index contributed by atoms with van der Waals surface area (Å²) in [6.45, 7) is 4.41. The van der Waals surface area contributed by atoms with Gasteiger partial charge in [-0.1, -0.05) is 46.6 Å². The van der Waals surface area contributed by atoms with Crippen LogP contribution in [-0.2, 0) is 16.1 Å². The van der Waals surface area contributed by atoms with Crippen LogP contribution in [0.3, 0.4) is 0 Å². The van der Waals surface area contributed by atoms with Crippen molar-refractivity contribution in [3.63, 3.8) is 0 Å². The second-order valence-corrected chi connectivity index (χ2v) is 16.6. The van der Waals surface area contributed by atoms with Gasteiger partial charge in [0, 0.05) is 116 Å². The zero-order valence-electron chi connectivity index (χ0n) is 35.8. The number of nitrogens with zero attached hydrogens (tertiary/aromatic N) is 12. The fourth-order valence-corrected chi connectivity index (χ4v) is 8.12. The van der Waals surface area contributed by atoms with Gasteiger partial charge in [0.2, 0.25) is 47.3 Å². The Bertz CT molecular complexity index is 2840. The summed E-state index contributed by atoms with van der Waals surface area (Å²) in [4.78, 5) is 67.4. The highest BCUT2D eigenvalue weighted by molar-refractivity contribution is 6.33. The second-order valence-electron chi connectivity index (χ2n) is 15.8. The summed E-state index contributed by atoms with van der Waals surface area (Å²) in [6, 6.07) is 20.7. The van der Waals surface area contributed by atoms with E-state index in [1.807, 2.05) is 17.0 Å². The Morgan fingerprint density at radius 2 is 1.27 bits per heavy atom. The minimum Gasteiger partial charge on any atom is -0.341 e. The normalized spacial score (nSPS) is 14.4. The van der Waals surface area contributed by atoms with Crippen LogP contribution in [0.25, 0.3) is 11.4 Å². The van der Waals surface area contributed by atoms with E-state index in [2.05, 4.69) is 76.1 Å². The highest BCUT2D eigenvalue weighted by Crippen LogP contribution is 2.32. The van der Waals surface area contributed by atoms with Crippen molar-refractivity contribution in [3.8, 4) is 11.4 Å². The molecule has 2 aliphatic rings. The number of carbonyl (C=O) groups is 2. The number of hydrogen-bond acceptors (Lipinski definition) is 17. The monoisotopic (exact) mass is 944 g/mol. The van der Waals surface area contributed by atoms with Gasteiger partial charge in [-0.25, -0.2) is 24.3 Å². The third-order valence-corrected chi connectivity index (χ3v) is 11.8. The number of amides is 2. The number of aromatic nitrogens is 9. The molecular weight excluding hydrogens is 903 g/mol. The largest absolute Gasteiger partial charge is 0.341 e. The molecule has 0 saturated carbocycles. The number of nitrogens with one attached hydrogen (secondary N) is 4. The number of piperazine rings is 1. The van der Waals surface area contributed by atoms with Gasteiger partial charge in [0.25, 0.3) is 0 Å². The molecule has 6 heterocycles. The summed E-state index contributed by atoms with van der Waals surface area (Å²) in [5.74, 6) is 1.83. The van der Waals surface area contributed by atoms with Crippen molar-refractivity contribution in [1.82, 2.24) is 49.9 Å². The van der Waals surface area contributed by atoms with E-state index in [9.17, 15) is 14.0 Å². The molecule has 0 bridgehead atoms. The van der Waals surface area contributed by atoms with Gasteiger partial charge in [0.1, 0.15) is 18.5 Å². The summed E-state index contributed by atoms with van der Waals surface area (Å²) in [7, 11) is 0. The molecule has 9 rings (SSSR count). The van der Waals surface area contributed by atoms with E-state index < -0.39 is 0 Å². The maximum absolute atomic E-state index is 14.3. The average Bonchev–Trinajstić information content (AvgIpc) is 3.83. The first-order valence-electron chi connectivity index (χ1n) is 21.5. The summed E-state index contributed by atoms with van der Waals surface area (Å²) in [6.07, 6.45) is 7.51. The SMILES string of the molecule is O=C(CCC(=O)Nc1cccc(Nc2ncnc(N3CCN(Cc4c(F)cccc4Cl)CC3)n2)c1)Nc1cccc(Nc2ncnc(N3CCC(c4nc(-c5ccncc5Cl)no4)CC3)n2)c1. The van der Waals surface area contributed by atoms with E-state index in [0.29, 0.717) is 125 Å². The molecule has 2 fully saturated rings. The smallest absolute Gasteiger partial charge is 0.231 e. The minimum absolute atomic E-state index is 0.0412. The number of carbonyl (C=O) groups excluding carboxylic acids is 2. The predicted octanol–water partition coefficient (Wildman–Crippen LogP) is 7.50. The van der Waals surface area contributed by atoms with E-state index in [1.54, 1.807) is 67.0 Å². The van der Waals surface area contributed by atoms with Crippen molar-refractivity contribution in [2.75, 3.05) is 70.3 Å². The van der Waals surface area contributed by atoms with Crippen LogP contribution in [0.5, 0.6) is 0 Å². The van der Waals surface area contributed by atoms with Crippen LogP contribution in [0.1, 0.15) is 43.1 Å². The molecule has 19 nitrogen and oxygen atoms in total. The molecule has 67 heavy (non-hydrogen) atoms. The summed E-state index contributed by atoms with van der Waals surface area (Å²) in [5.41, 5.74) is 3.52. The Morgan fingerprint density at radius 3 is 1.87 bits per heavy atom. The summed E-state index contributed by atoms with van der Waals surface area (Å²) < 4.78 is 19.9.